The largest absolute Gasteiger partial charge is 0.420 e. The van der Waals surface area contributed by atoms with Crippen molar-refractivity contribution in [2.24, 2.45) is 5.73 Å². The van der Waals surface area contributed by atoms with Crippen molar-refractivity contribution in [1.82, 2.24) is 0 Å². The molecule has 2 unspecified atom stereocenters. The smallest absolute Gasteiger partial charge is 0.189 e. The van der Waals surface area contributed by atoms with Crippen LogP contribution in [0.3, 0.4) is 0 Å². The molecule has 1 fully saturated rings. The van der Waals surface area contributed by atoms with Gasteiger partial charge in [0.15, 0.2) is 8.32 Å². The van der Waals surface area contributed by atoms with E-state index in [9.17, 15) is 0 Å². The SMILES string of the molecule is CO[Si](C)(C)C1CCCC(N)C1. The number of nitrogens with two attached hydrogens (primary N) is 1. The molecule has 1 aliphatic rings. The molecular weight excluding hydrogens is 166 g/mol. The summed E-state index contributed by atoms with van der Waals surface area (Å²) < 4.78 is 5.61. The second-order valence-electron chi connectivity index (χ2n) is 4.43. The zero-order valence-corrected chi connectivity index (χ0v) is 9.47. The maximum atomic E-state index is 5.94. The van der Waals surface area contributed by atoms with Crippen molar-refractivity contribution in [3.05, 3.63) is 0 Å². The van der Waals surface area contributed by atoms with Gasteiger partial charge in [0, 0.05) is 13.2 Å². The lowest BCUT2D eigenvalue weighted by Crippen LogP contribution is -2.40. The highest BCUT2D eigenvalue weighted by atomic mass is 28.4. The quantitative estimate of drug-likeness (QED) is 0.672. The van der Waals surface area contributed by atoms with Crippen molar-refractivity contribution in [1.29, 1.82) is 0 Å². The van der Waals surface area contributed by atoms with Gasteiger partial charge in [-0.2, -0.15) is 0 Å². The van der Waals surface area contributed by atoms with Crippen LogP contribution in [0.2, 0.25) is 18.6 Å². The van der Waals surface area contributed by atoms with Gasteiger partial charge >= 0.3 is 0 Å². The van der Waals surface area contributed by atoms with Gasteiger partial charge in [0.25, 0.3) is 0 Å². The van der Waals surface area contributed by atoms with Gasteiger partial charge in [-0.25, -0.2) is 0 Å². The van der Waals surface area contributed by atoms with Crippen LogP contribution >= 0.6 is 0 Å². The van der Waals surface area contributed by atoms with Gasteiger partial charge in [-0.1, -0.05) is 12.8 Å². The maximum Gasteiger partial charge on any atom is 0.189 e. The van der Waals surface area contributed by atoms with Gasteiger partial charge in [0.2, 0.25) is 0 Å². The summed E-state index contributed by atoms with van der Waals surface area (Å²) >= 11 is 0. The van der Waals surface area contributed by atoms with Gasteiger partial charge in [-0.3, -0.25) is 0 Å². The first-order valence-electron chi connectivity index (χ1n) is 4.87. The van der Waals surface area contributed by atoms with E-state index in [-0.39, 0.29) is 0 Å². The molecule has 2 atom stereocenters. The highest BCUT2D eigenvalue weighted by Gasteiger charge is 2.35. The first-order valence-corrected chi connectivity index (χ1v) is 7.85. The van der Waals surface area contributed by atoms with Crippen molar-refractivity contribution in [2.45, 2.75) is 50.4 Å². The highest BCUT2D eigenvalue weighted by molar-refractivity contribution is 6.72. The fourth-order valence-corrected chi connectivity index (χ4v) is 4.13. The Morgan fingerprint density at radius 2 is 2.00 bits per heavy atom. The third-order valence-electron chi connectivity index (χ3n) is 3.22. The topological polar surface area (TPSA) is 35.2 Å². The minimum absolute atomic E-state index is 0.436. The molecule has 12 heavy (non-hydrogen) atoms. The van der Waals surface area contributed by atoms with Crippen molar-refractivity contribution < 1.29 is 4.43 Å². The van der Waals surface area contributed by atoms with E-state index in [4.69, 9.17) is 10.2 Å². The van der Waals surface area contributed by atoms with Gasteiger partial charge in [0.05, 0.1) is 0 Å². The number of hydrogen-bond acceptors (Lipinski definition) is 2. The number of hydrogen-bond donors (Lipinski definition) is 1. The van der Waals surface area contributed by atoms with Crippen LogP contribution in [0.15, 0.2) is 0 Å². The predicted molar refractivity (Wildman–Crippen MR) is 54.7 cm³/mol. The van der Waals surface area contributed by atoms with Crippen molar-refractivity contribution >= 4 is 8.32 Å². The Morgan fingerprint density at radius 3 is 2.50 bits per heavy atom. The Balaban J connectivity index is 2.50. The van der Waals surface area contributed by atoms with E-state index in [0.29, 0.717) is 6.04 Å². The number of rotatable bonds is 2. The first-order chi connectivity index (χ1) is 5.56. The van der Waals surface area contributed by atoms with Gasteiger partial charge < -0.3 is 10.2 Å². The normalized spacial score (nSPS) is 32.0. The summed E-state index contributed by atoms with van der Waals surface area (Å²) in [4.78, 5) is 0. The fraction of sp³-hybridized carbons (Fsp3) is 1.00. The third kappa shape index (κ3) is 2.31. The molecule has 0 spiro atoms. The van der Waals surface area contributed by atoms with E-state index < -0.39 is 8.32 Å². The van der Waals surface area contributed by atoms with E-state index in [2.05, 4.69) is 13.1 Å². The molecule has 0 aliphatic heterocycles. The Labute approximate surface area is 76.6 Å². The van der Waals surface area contributed by atoms with Crippen LogP contribution in [0.5, 0.6) is 0 Å². The summed E-state index contributed by atoms with van der Waals surface area (Å²) in [6.07, 6.45) is 5.03. The fourth-order valence-electron chi connectivity index (χ4n) is 2.03. The lowest BCUT2D eigenvalue weighted by atomic mass is 9.96. The summed E-state index contributed by atoms with van der Waals surface area (Å²) in [7, 11) is 0.455. The molecular formula is C9H21NOSi. The average Bonchev–Trinajstić information content (AvgIpc) is 2.05. The molecule has 1 saturated carbocycles. The van der Waals surface area contributed by atoms with Crippen LogP contribution in [-0.2, 0) is 4.43 Å². The van der Waals surface area contributed by atoms with Crippen LogP contribution in [0.1, 0.15) is 25.7 Å². The summed E-state index contributed by atoms with van der Waals surface area (Å²) in [5, 5.41) is 0. The molecule has 0 bridgehead atoms. The molecule has 72 valence electrons. The molecule has 0 aromatic carbocycles. The summed E-state index contributed by atoms with van der Waals surface area (Å²) in [6.45, 7) is 4.60. The third-order valence-corrected chi connectivity index (χ3v) is 6.77. The van der Waals surface area contributed by atoms with E-state index >= 15 is 0 Å². The summed E-state index contributed by atoms with van der Waals surface area (Å²) in [5.41, 5.74) is 6.73. The lowest BCUT2D eigenvalue weighted by molar-refractivity contribution is 0.349. The Hall–Kier alpha value is 0.137. The molecule has 0 heterocycles. The highest BCUT2D eigenvalue weighted by Crippen LogP contribution is 2.36. The molecule has 1 aliphatic carbocycles. The van der Waals surface area contributed by atoms with Gasteiger partial charge in [-0.15, -0.1) is 0 Å². The van der Waals surface area contributed by atoms with Crippen LogP contribution in [0.25, 0.3) is 0 Å². The minimum atomic E-state index is -1.40. The van der Waals surface area contributed by atoms with Crippen molar-refractivity contribution in [3.8, 4) is 0 Å². The van der Waals surface area contributed by atoms with Crippen LogP contribution in [0.4, 0.5) is 0 Å². The Morgan fingerprint density at radius 1 is 1.33 bits per heavy atom. The lowest BCUT2D eigenvalue weighted by Gasteiger charge is -2.35. The van der Waals surface area contributed by atoms with Gasteiger partial charge in [-0.05, 0) is 31.5 Å². The molecule has 0 aromatic heterocycles. The maximum absolute atomic E-state index is 5.94. The molecule has 0 aromatic rings. The second kappa shape index (κ2) is 3.90. The predicted octanol–water partition coefficient (Wildman–Crippen LogP) is 2.11. The average molecular weight is 187 g/mol. The zero-order valence-electron chi connectivity index (χ0n) is 8.47. The van der Waals surface area contributed by atoms with E-state index in [1.165, 1.54) is 25.7 Å². The second-order valence-corrected chi connectivity index (χ2v) is 8.86. The molecule has 1 rings (SSSR count). The van der Waals surface area contributed by atoms with Gasteiger partial charge in [0.1, 0.15) is 0 Å². The van der Waals surface area contributed by atoms with E-state index in [1.54, 1.807) is 0 Å². The molecule has 2 N–H and O–H groups in total. The molecule has 0 saturated heterocycles. The van der Waals surface area contributed by atoms with Crippen LogP contribution in [0, 0.1) is 0 Å². The Kier molecular flexibility index (Phi) is 3.32. The Bertz CT molecular complexity index is 149. The minimum Gasteiger partial charge on any atom is -0.420 e. The van der Waals surface area contributed by atoms with Crippen LogP contribution < -0.4 is 5.73 Å². The van der Waals surface area contributed by atoms with E-state index in [1.807, 2.05) is 7.11 Å². The molecule has 0 radical (unpaired) electrons. The molecule has 2 nitrogen and oxygen atoms in total. The monoisotopic (exact) mass is 187 g/mol. The first kappa shape index (κ1) is 10.2. The molecule has 3 heteroatoms. The van der Waals surface area contributed by atoms with Crippen molar-refractivity contribution in [3.63, 3.8) is 0 Å². The van der Waals surface area contributed by atoms with Crippen LogP contribution in [-0.4, -0.2) is 21.5 Å². The molecule has 0 amide bonds. The standard InChI is InChI=1S/C9H21NOSi/c1-11-12(2,3)9-6-4-5-8(10)7-9/h8-9H,4-7,10H2,1-3H3. The summed E-state index contributed by atoms with van der Waals surface area (Å²) in [6, 6.07) is 0.436. The summed E-state index contributed by atoms with van der Waals surface area (Å²) in [5.74, 6) is 0. The van der Waals surface area contributed by atoms with Crippen molar-refractivity contribution in [2.75, 3.05) is 7.11 Å². The zero-order chi connectivity index (χ0) is 9.19. The van der Waals surface area contributed by atoms with E-state index in [0.717, 1.165) is 5.54 Å².